The first-order valence-electron chi connectivity index (χ1n) is 3.67. The molecule has 0 N–H and O–H groups in total. The van der Waals surface area contributed by atoms with E-state index in [2.05, 4.69) is 20.7 Å². The molecule has 1 aromatic heterocycles. The average molecular weight is 171 g/mol. The summed E-state index contributed by atoms with van der Waals surface area (Å²) < 4.78 is 4.60. The van der Waals surface area contributed by atoms with Gasteiger partial charge in [-0.25, -0.2) is 0 Å². The van der Waals surface area contributed by atoms with Crippen molar-refractivity contribution >= 4 is 0 Å². The topological polar surface area (TPSA) is 62.7 Å². The first-order valence-corrected chi connectivity index (χ1v) is 3.67. The molecule has 2 aromatic rings. The Morgan fingerprint density at radius 1 is 1.31 bits per heavy atom. The zero-order valence-corrected chi connectivity index (χ0v) is 6.64. The van der Waals surface area contributed by atoms with Crippen LogP contribution in [0, 0.1) is 11.3 Å². The Kier molecular flexibility index (Phi) is 1.77. The third kappa shape index (κ3) is 1.27. The molecule has 4 heteroatoms. The summed E-state index contributed by atoms with van der Waals surface area (Å²) in [6, 6.07) is 9.18. The van der Waals surface area contributed by atoms with Crippen LogP contribution in [0.2, 0.25) is 0 Å². The summed E-state index contributed by atoms with van der Waals surface area (Å²) in [5, 5.41) is 12.4. The highest BCUT2D eigenvalue weighted by molar-refractivity contribution is 5.63. The van der Waals surface area contributed by atoms with Crippen LogP contribution in [0.3, 0.4) is 0 Å². The fourth-order valence-electron chi connectivity index (χ4n) is 1.06. The molecule has 62 valence electrons. The van der Waals surface area contributed by atoms with Crippen molar-refractivity contribution in [2.75, 3.05) is 0 Å². The van der Waals surface area contributed by atoms with Crippen LogP contribution in [0.4, 0.5) is 0 Å². The quantitative estimate of drug-likeness (QED) is 0.653. The number of nitriles is 1. The molecule has 0 saturated carbocycles. The second-order valence-electron chi connectivity index (χ2n) is 2.41. The molecule has 0 bridgehead atoms. The van der Waals surface area contributed by atoms with E-state index in [0.717, 1.165) is 0 Å². The van der Waals surface area contributed by atoms with E-state index in [1.807, 2.05) is 6.07 Å². The fourth-order valence-corrected chi connectivity index (χ4v) is 1.06. The van der Waals surface area contributed by atoms with Gasteiger partial charge >= 0.3 is 0 Å². The molecule has 0 saturated heterocycles. The lowest BCUT2D eigenvalue weighted by atomic mass is 10.1. The molecule has 0 amide bonds. The van der Waals surface area contributed by atoms with Gasteiger partial charge in [0.05, 0.1) is 11.6 Å². The van der Waals surface area contributed by atoms with Gasteiger partial charge in [0.25, 0.3) is 0 Å². The van der Waals surface area contributed by atoms with Crippen LogP contribution in [0.5, 0.6) is 0 Å². The SMILES string of the molecule is N#Cc1ccccc1-c1ncon1. The Bertz CT molecular complexity index is 442. The van der Waals surface area contributed by atoms with Gasteiger partial charge in [-0.15, -0.1) is 0 Å². The predicted molar refractivity (Wildman–Crippen MR) is 44.4 cm³/mol. The van der Waals surface area contributed by atoms with Crippen molar-refractivity contribution in [2.45, 2.75) is 0 Å². The van der Waals surface area contributed by atoms with Crippen molar-refractivity contribution in [3.05, 3.63) is 36.2 Å². The van der Waals surface area contributed by atoms with Gasteiger partial charge in [0.2, 0.25) is 12.2 Å². The second kappa shape index (κ2) is 3.07. The Hall–Kier alpha value is -2.15. The molecule has 2 rings (SSSR count). The number of aromatic nitrogens is 2. The molecule has 13 heavy (non-hydrogen) atoms. The van der Waals surface area contributed by atoms with Gasteiger partial charge in [0.1, 0.15) is 0 Å². The summed E-state index contributed by atoms with van der Waals surface area (Å²) >= 11 is 0. The number of hydrogen-bond acceptors (Lipinski definition) is 4. The van der Waals surface area contributed by atoms with Crippen molar-refractivity contribution in [3.63, 3.8) is 0 Å². The van der Waals surface area contributed by atoms with E-state index < -0.39 is 0 Å². The molecule has 0 spiro atoms. The van der Waals surface area contributed by atoms with Crippen molar-refractivity contribution in [1.82, 2.24) is 10.1 Å². The second-order valence-corrected chi connectivity index (χ2v) is 2.41. The zero-order valence-electron chi connectivity index (χ0n) is 6.64. The Morgan fingerprint density at radius 3 is 2.85 bits per heavy atom. The van der Waals surface area contributed by atoms with E-state index in [4.69, 9.17) is 5.26 Å². The van der Waals surface area contributed by atoms with Crippen molar-refractivity contribution < 1.29 is 4.52 Å². The highest BCUT2D eigenvalue weighted by atomic mass is 16.5. The smallest absolute Gasteiger partial charge is 0.214 e. The maximum Gasteiger partial charge on any atom is 0.214 e. The Balaban J connectivity index is 2.59. The van der Waals surface area contributed by atoms with E-state index in [1.165, 1.54) is 6.39 Å². The van der Waals surface area contributed by atoms with Crippen LogP contribution in [0.1, 0.15) is 5.56 Å². The summed E-state index contributed by atoms with van der Waals surface area (Å²) in [6.45, 7) is 0. The highest BCUT2D eigenvalue weighted by Crippen LogP contribution is 2.18. The standard InChI is InChI=1S/C9H5N3O/c10-5-7-3-1-2-4-8(7)9-11-6-13-12-9/h1-4,6H. The number of hydrogen-bond donors (Lipinski definition) is 0. The molecule has 0 aliphatic carbocycles. The van der Waals surface area contributed by atoms with Gasteiger partial charge < -0.3 is 4.52 Å². The largest absolute Gasteiger partial charge is 0.342 e. The van der Waals surface area contributed by atoms with Crippen LogP contribution in [0.15, 0.2) is 35.2 Å². The van der Waals surface area contributed by atoms with E-state index in [-0.39, 0.29) is 0 Å². The minimum atomic E-state index is 0.442. The first kappa shape index (κ1) is 7.50. The van der Waals surface area contributed by atoms with E-state index in [1.54, 1.807) is 18.2 Å². The van der Waals surface area contributed by atoms with Gasteiger partial charge in [-0.05, 0) is 12.1 Å². The van der Waals surface area contributed by atoms with Crippen LogP contribution >= 0.6 is 0 Å². The molecule has 0 unspecified atom stereocenters. The lowest BCUT2D eigenvalue weighted by Gasteiger charge is -1.95. The molecule has 0 aliphatic heterocycles. The first-order chi connectivity index (χ1) is 6.42. The normalized spacial score (nSPS) is 9.46. The summed E-state index contributed by atoms with van der Waals surface area (Å²) in [4.78, 5) is 3.87. The van der Waals surface area contributed by atoms with E-state index >= 15 is 0 Å². The molecular weight excluding hydrogens is 166 g/mol. The molecule has 0 fully saturated rings. The van der Waals surface area contributed by atoms with Gasteiger partial charge in [0.15, 0.2) is 0 Å². The molecular formula is C9H5N3O. The lowest BCUT2D eigenvalue weighted by Crippen LogP contribution is -1.84. The third-order valence-corrected chi connectivity index (χ3v) is 1.65. The van der Waals surface area contributed by atoms with Crippen molar-refractivity contribution in [2.24, 2.45) is 0 Å². The van der Waals surface area contributed by atoms with E-state index in [0.29, 0.717) is 17.0 Å². The Morgan fingerprint density at radius 2 is 2.15 bits per heavy atom. The van der Waals surface area contributed by atoms with Crippen LogP contribution < -0.4 is 0 Å². The molecule has 0 radical (unpaired) electrons. The summed E-state index contributed by atoms with van der Waals surface area (Å²) in [6.07, 6.45) is 1.24. The van der Waals surface area contributed by atoms with Gasteiger partial charge in [-0.3, -0.25) is 0 Å². The van der Waals surface area contributed by atoms with Crippen molar-refractivity contribution in [1.29, 1.82) is 5.26 Å². The van der Waals surface area contributed by atoms with Gasteiger partial charge in [0, 0.05) is 5.56 Å². The molecule has 1 aromatic carbocycles. The Labute approximate surface area is 74.4 Å². The zero-order chi connectivity index (χ0) is 9.10. The number of rotatable bonds is 1. The average Bonchev–Trinajstić information content (AvgIpc) is 2.70. The third-order valence-electron chi connectivity index (χ3n) is 1.65. The van der Waals surface area contributed by atoms with Gasteiger partial charge in [-0.1, -0.05) is 17.3 Å². The minimum absolute atomic E-state index is 0.442. The van der Waals surface area contributed by atoms with E-state index in [9.17, 15) is 0 Å². The maximum absolute atomic E-state index is 8.78. The van der Waals surface area contributed by atoms with Crippen molar-refractivity contribution in [3.8, 4) is 17.5 Å². The summed E-state index contributed by atoms with van der Waals surface area (Å²) in [7, 11) is 0. The van der Waals surface area contributed by atoms with Crippen LogP contribution in [-0.2, 0) is 0 Å². The van der Waals surface area contributed by atoms with Crippen LogP contribution in [0.25, 0.3) is 11.4 Å². The van der Waals surface area contributed by atoms with Gasteiger partial charge in [-0.2, -0.15) is 10.2 Å². The predicted octanol–water partition coefficient (Wildman–Crippen LogP) is 1.61. The molecule has 0 aliphatic rings. The molecule has 1 heterocycles. The summed E-state index contributed by atoms with van der Waals surface area (Å²) in [5.74, 6) is 0.442. The lowest BCUT2D eigenvalue weighted by molar-refractivity contribution is 0.418. The molecule has 4 nitrogen and oxygen atoms in total. The summed E-state index contributed by atoms with van der Waals surface area (Å²) in [5.41, 5.74) is 1.24. The highest BCUT2D eigenvalue weighted by Gasteiger charge is 2.06. The minimum Gasteiger partial charge on any atom is -0.342 e. The van der Waals surface area contributed by atoms with Crippen LogP contribution in [-0.4, -0.2) is 10.1 Å². The molecule has 0 atom stereocenters. The number of benzene rings is 1. The monoisotopic (exact) mass is 171 g/mol. The maximum atomic E-state index is 8.78. The fraction of sp³-hybridized carbons (Fsp3) is 0. The number of nitrogens with zero attached hydrogens (tertiary/aromatic N) is 3.